The first-order chi connectivity index (χ1) is 30.3. The quantitative estimate of drug-likeness (QED) is 0.0397. The van der Waals surface area contributed by atoms with E-state index in [-0.39, 0.29) is 11.5 Å². The Morgan fingerprint density at radius 1 is 0.415 bits per heavy atom. The van der Waals surface area contributed by atoms with Crippen LogP contribution in [0, 0.1) is 0 Å². The molecule has 0 saturated carbocycles. The second-order valence-corrected chi connectivity index (χ2v) is 24.1. The zero-order valence-corrected chi connectivity index (χ0v) is 44.6. The molecule has 0 aromatic carbocycles. The number of nitrogens with one attached hydrogen (secondary N) is 3. The van der Waals surface area contributed by atoms with Crippen LogP contribution in [0.4, 0.5) is 14.4 Å². The summed E-state index contributed by atoms with van der Waals surface area (Å²) in [5, 5.41) is 2.73. The van der Waals surface area contributed by atoms with Gasteiger partial charge in [0.1, 0.15) is 16.8 Å². The van der Waals surface area contributed by atoms with E-state index in [1.165, 1.54) is 12.8 Å². The second-order valence-electron chi connectivity index (χ2n) is 20.3. The molecular weight excluding hydrogens is 873 g/mol. The highest BCUT2D eigenvalue weighted by atomic mass is 32.2. The first kappa shape index (κ1) is 62.6. The van der Waals surface area contributed by atoms with Crippen molar-refractivity contribution in [3.05, 3.63) is 0 Å². The van der Waals surface area contributed by atoms with Gasteiger partial charge in [-0.05, 0) is 133 Å². The molecule has 0 bridgehead atoms. The summed E-state index contributed by atoms with van der Waals surface area (Å²) in [6.45, 7) is 24.9. The van der Waals surface area contributed by atoms with E-state index in [0.717, 1.165) is 51.4 Å². The molecule has 386 valence electrons. The van der Waals surface area contributed by atoms with Gasteiger partial charge in [-0.15, -0.1) is 0 Å². The third kappa shape index (κ3) is 39.3. The summed E-state index contributed by atoms with van der Waals surface area (Å²) in [6, 6.07) is 0. The molecule has 0 heterocycles. The highest BCUT2D eigenvalue weighted by Gasteiger charge is 2.25. The van der Waals surface area contributed by atoms with Crippen molar-refractivity contribution in [1.82, 2.24) is 29.5 Å². The number of alkyl carbamates (subject to hydrolysis) is 1. The van der Waals surface area contributed by atoms with E-state index in [9.17, 15) is 31.2 Å². The standard InChI is InChI=1S/C47H96N6O10S2/c1-12-14-16-18-20-24-40-64(57,58)49-31-27-33-51(34-28-32-50-65(59,60)41-25-21-19-17-15-13-2)35-29-39-53(44(56)63-47(9,10)11)37-23-22-36-52(43(55)62-46(6,7)8)38-26-30-48-42(54)61-45(3,4)5/h49-50H,12-41H2,1-11H3,(H,48,54). The molecule has 0 aliphatic heterocycles. The molecule has 0 unspecified atom stereocenters. The zero-order valence-electron chi connectivity index (χ0n) is 43.0. The number of carbonyl (C=O) groups is 3. The minimum absolute atomic E-state index is 0.120. The largest absolute Gasteiger partial charge is 0.444 e. The Labute approximate surface area is 397 Å². The van der Waals surface area contributed by atoms with Crippen LogP contribution in [0.15, 0.2) is 0 Å². The molecular formula is C47H96N6O10S2. The van der Waals surface area contributed by atoms with E-state index >= 15 is 0 Å². The van der Waals surface area contributed by atoms with Crippen LogP contribution in [0.3, 0.4) is 0 Å². The van der Waals surface area contributed by atoms with Crippen molar-refractivity contribution < 1.29 is 45.4 Å². The Balaban J connectivity index is 5.58. The van der Waals surface area contributed by atoms with Gasteiger partial charge in [-0.25, -0.2) is 40.7 Å². The Morgan fingerprint density at radius 2 is 0.754 bits per heavy atom. The van der Waals surface area contributed by atoms with Crippen LogP contribution < -0.4 is 14.8 Å². The molecule has 0 aliphatic carbocycles. The fourth-order valence-corrected chi connectivity index (χ4v) is 9.16. The highest BCUT2D eigenvalue weighted by Crippen LogP contribution is 2.15. The van der Waals surface area contributed by atoms with Crippen molar-refractivity contribution in [1.29, 1.82) is 0 Å². The van der Waals surface area contributed by atoms with Gasteiger partial charge in [-0.3, -0.25) is 0 Å². The Bertz CT molecular complexity index is 1440. The molecule has 0 fully saturated rings. The maximum atomic E-state index is 13.5. The van der Waals surface area contributed by atoms with E-state index < -0.39 is 55.1 Å². The van der Waals surface area contributed by atoms with Gasteiger partial charge in [0.25, 0.3) is 0 Å². The molecule has 18 heteroatoms. The number of rotatable bonds is 37. The third-order valence-corrected chi connectivity index (χ3v) is 13.0. The molecule has 65 heavy (non-hydrogen) atoms. The van der Waals surface area contributed by atoms with E-state index in [1.807, 2.05) is 41.5 Å². The monoisotopic (exact) mass is 969 g/mol. The maximum Gasteiger partial charge on any atom is 0.410 e. The van der Waals surface area contributed by atoms with Crippen LogP contribution in [0.2, 0.25) is 0 Å². The third-order valence-electron chi connectivity index (χ3n) is 10.1. The summed E-state index contributed by atoms with van der Waals surface area (Å²) in [5.74, 6) is 0.239. The lowest BCUT2D eigenvalue weighted by Crippen LogP contribution is -2.41. The second kappa shape index (κ2) is 34.0. The van der Waals surface area contributed by atoms with Gasteiger partial charge in [-0.2, -0.15) is 0 Å². The van der Waals surface area contributed by atoms with Gasteiger partial charge in [-0.1, -0.05) is 78.1 Å². The summed E-state index contributed by atoms with van der Waals surface area (Å²) >= 11 is 0. The first-order valence-corrected chi connectivity index (χ1v) is 28.2. The number of hydrogen-bond acceptors (Lipinski definition) is 11. The van der Waals surface area contributed by atoms with Crippen LogP contribution in [-0.4, -0.2) is 144 Å². The number of unbranched alkanes of at least 4 members (excludes halogenated alkanes) is 11. The van der Waals surface area contributed by atoms with E-state index in [2.05, 4.69) is 33.5 Å². The molecule has 0 aromatic heterocycles. The summed E-state index contributed by atoms with van der Waals surface area (Å²) in [5.41, 5.74) is -2.00. The zero-order chi connectivity index (χ0) is 49.4. The topological polar surface area (TPSA) is 193 Å². The Hall–Kier alpha value is -2.41. The van der Waals surface area contributed by atoms with Crippen molar-refractivity contribution in [3.8, 4) is 0 Å². The lowest BCUT2D eigenvalue weighted by molar-refractivity contribution is 0.0204. The molecule has 3 amide bonds. The maximum absolute atomic E-state index is 13.5. The molecule has 3 N–H and O–H groups in total. The summed E-state index contributed by atoms with van der Waals surface area (Å²) in [7, 11) is -6.75. The lowest BCUT2D eigenvalue weighted by Gasteiger charge is -2.30. The van der Waals surface area contributed by atoms with Crippen LogP contribution in [0.25, 0.3) is 0 Å². The number of amides is 3. The summed E-state index contributed by atoms with van der Waals surface area (Å²) in [6.07, 6.45) is 14.1. The fourth-order valence-electron chi connectivity index (χ4n) is 6.79. The SMILES string of the molecule is CCCCCCCCS(=O)(=O)NCCCN(CCCNS(=O)(=O)CCCCCCCC)CCCN(CCCCN(CCCNC(=O)OC(C)(C)C)C(=O)OC(C)(C)C)C(=O)OC(C)(C)C. The van der Waals surface area contributed by atoms with Gasteiger partial charge in [0.2, 0.25) is 20.0 Å². The van der Waals surface area contributed by atoms with Gasteiger partial charge in [0.05, 0.1) is 11.5 Å². The van der Waals surface area contributed by atoms with Crippen molar-refractivity contribution in [2.24, 2.45) is 0 Å². The van der Waals surface area contributed by atoms with Crippen LogP contribution in [0.1, 0.15) is 192 Å². The molecule has 0 saturated heterocycles. The predicted molar refractivity (Wildman–Crippen MR) is 264 cm³/mol. The fraction of sp³-hybridized carbons (Fsp3) is 0.936. The number of carbonyl (C=O) groups excluding carboxylic acids is 3. The van der Waals surface area contributed by atoms with Crippen molar-refractivity contribution in [2.45, 2.75) is 209 Å². The van der Waals surface area contributed by atoms with Crippen LogP contribution in [0.5, 0.6) is 0 Å². The Morgan fingerprint density at radius 3 is 1.15 bits per heavy atom. The first-order valence-electron chi connectivity index (χ1n) is 24.9. The predicted octanol–water partition coefficient (Wildman–Crippen LogP) is 9.19. The van der Waals surface area contributed by atoms with Crippen molar-refractivity contribution in [3.63, 3.8) is 0 Å². The molecule has 0 atom stereocenters. The molecule has 0 aromatic rings. The molecule has 0 aliphatic rings. The highest BCUT2D eigenvalue weighted by molar-refractivity contribution is 7.89. The minimum atomic E-state index is -3.37. The van der Waals surface area contributed by atoms with E-state index in [1.54, 1.807) is 30.6 Å². The van der Waals surface area contributed by atoms with E-state index in [0.29, 0.717) is 117 Å². The summed E-state index contributed by atoms with van der Waals surface area (Å²) < 4.78 is 73.1. The number of nitrogens with zero attached hydrogens (tertiary/aromatic N) is 3. The van der Waals surface area contributed by atoms with Gasteiger partial charge >= 0.3 is 18.3 Å². The van der Waals surface area contributed by atoms with E-state index in [4.69, 9.17) is 14.2 Å². The van der Waals surface area contributed by atoms with Crippen LogP contribution >= 0.6 is 0 Å². The minimum Gasteiger partial charge on any atom is -0.444 e. The van der Waals surface area contributed by atoms with Gasteiger partial charge in [0, 0.05) is 45.8 Å². The molecule has 0 rings (SSSR count). The van der Waals surface area contributed by atoms with Crippen LogP contribution in [-0.2, 0) is 34.3 Å². The number of hydrogen-bond donors (Lipinski definition) is 3. The molecule has 16 nitrogen and oxygen atoms in total. The number of ether oxygens (including phenoxy) is 3. The normalized spacial score (nSPS) is 12.6. The van der Waals surface area contributed by atoms with Gasteiger partial charge < -0.3 is 34.2 Å². The molecule has 0 spiro atoms. The Kier molecular flexibility index (Phi) is 32.7. The average Bonchev–Trinajstić information content (AvgIpc) is 3.16. The van der Waals surface area contributed by atoms with Crippen molar-refractivity contribution >= 4 is 38.3 Å². The summed E-state index contributed by atoms with van der Waals surface area (Å²) in [4.78, 5) is 44.3. The molecule has 0 radical (unpaired) electrons. The van der Waals surface area contributed by atoms with Crippen molar-refractivity contribution in [2.75, 3.05) is 77.0 Å². The number of sulfonamides is 2. The lowest BCUT2D eigenvalue weighted by atomic mass is 10.1. The smallest absolute Gasteiger partial charge is 0.410 e. The van der Waals surface area contributed by atoms with Gasteiger partial charge in [0.15, 0.2) is 0 Å². The average molecular weight is 969 g/mol.